The summed E-state index contributed by atoms with van der Waals surface area (Å²) in [6.45, 7) is -0.866. The Balaban J connectivity index is 1.78. The zero-order chi connectivity index (χ0) is 29.9. The van der Waals surface area contributed by atoms with Gasteiger partial charge in [-0.1, -0.05) is 11.6 Å². The molecule has 10 nitrogen and oxygen atoms in total. The van der Waals surface area contributed by atoms with Crippen molar-refractivity contribution in [2.24, 2.45) is 0 Å². The van der Waals surface area contributed by atoms with Gasteiger partial charge in [0.15, 0.2) is 0 Å². The van der Waals surface area contributed by atoms with Crippen molar-refractivity contribution in [2.45, 2.75) is 11.1 Å². The molecule has 0 aliphatic heterocycles. The van der Waals surface area contributed by atoms with E-state index in [0.29, 0.717) is 16.1 Å². The third-order valence-electron chi connectivity index (χ3n) is 5.33. The molecule has 0 aliphatic carbocycles. The zero-order valence-electron chi connectivity index (χ0n) is 21.1. The van der Waals surface area contributed by atoms with E-state index >= 15 is 0 Å². The average Bonchev–Trinajstić information content (AvgIpc) is 2.86. The fourth-order valence-corrected chi connectivity index (χ4v) is 5.57. The molecule has 216 valence electrons. The quantitative estimate of drug-likeness (QED) is 0.339. The Kier molecular flexibility index (Phi) is 9.11. The lowest BCUT2D eigenvalue weighted by atomic mass is 10.2. The smallest absolute Gasteiger partial charge is 0.417 e. The Morgan fingerprint density at radius 3 is 2.15 bits per heavy atom. The number of hydrogen-bond donors (Lipinski definition) is 2. The van der Waals surface area contributed by atoms with Crippen molar-refractivity contribution in [1.82, 2.24) is 0 Å². The molecule has 2 N–H and O–H groups in total. The molecule has 0 heterocycles. The van der Waals surface area contributed by atoms with Crippen LogP contribution in [0.3, 0.4) is 0 Å². The Hall–Kier alpha value is -3.69. The van der Waals surface area contributed by atoms with Crippen LogP contribution in [-0.2, 0) is 31.0 Å². The number of hydrogen-bond acceptors (Lipinski definition) is 7. The van der Waals surface area contributed by atoms with Crippen LogP contribution in [0.1, 0.15) is 5.56 Å². The number of ether oxygens (including phenoxy) is 2. The van der Waals surface area contributed by atoms with Gasteiger partial charge in [-0.3, -0.25) is 13.8 Å². The minimum atomic E-state index is -4.85. The summed E-state index contributed by atoms with van der Waals surface area (Å²) in [5, 5.41) is 1.75. The SMILES string of the molecule is COc1ccc(OC)c(NS(=O)(=O)c2ccc(NC(=O)CN(c3ccc(Cl)c(C(F)(F)F)c3)S(C)(=O)=O)cc2)c1. The highest BCUT2D eigenvalue weighted by Crippen LogP contribution is 2.37. The molecule has 0 radical (unpaired) electrons. The van der Waals surface area contributed by atoms with Gasteiger partial charge in [-0.2, -0.15) is 13.2 Å². The number of nitrogens with one attached hydrogen (secondary N) is 2. The molecular formula is C24H23ClF3N3O7S2. The molecule has 0 aliphatic rings. The van der Waals surface area contributed by atoms with Crippen molar-refractivity contribution in [3.05, 3.63) is 71.2 Å². The van der Waals surface area contributed by atoms with E-state index in [0.717, 1.165) is 18.4 Å². The van der Waals surface area contributed by atoms with Gasteiger partial charge in [0.05, 0.1) is 47.3 Å². The Morgan fingerprint density at radius 1 is 0.950 bits per heavy atom. The van der Waals surface area contributed by atoms with Crippen LogP contribution in [0.2, 0.25) is 5.02 Å². The maximum absolute atomic E-state index is 13.3. The normalized spacial score (nSPS) is 12.0. The fraction of sp³-hybridized carbons (Fsp3) is 0.208. The van der Waals surface area contributed by atoms with E-state index in [1.54, 1.807) is 6.07 Å². The number of amides is 1. The van der Waals surface area contributed by atoms with Crippen molar-refractivity contribution < 1.29 is 44.3 Å². The van der Waals surface area contributed by atoms with Gasteiger partial charge in [-0.15, -0.1) is 0 Å². The Bertz CT molecular complexity index is 1620. The van der Waals surface area contributed by atoms with E-state index < -0.39 is 54.9 Å². The van der Waals surface area contributed by atoms with Gasteiger partial charge in [0.2, 0.25) is 15.9 Å². The van der Waals surface area contributed by atoms with Crippen LogP contribution in [0.4, 0.5) is 30.2 Å². The number of nitrogens with zero attached hydrogens (tertiary/aromatic N) is 1. The predicted molar refractivity (Wildman–Crippen MR) is 144 cm³/mol. The van der Waals surface area contributed by atoms with Gasteiger partial charge < -0.3 is 14.8 Å². The third-order valence-corrected chi connectivity index (χ3v) is 8.18. The van der Waals surface area contributed by atoms with Crippen LogP contribution in [-0.4, -0.2) is 49.8 Å². The summed E-state index contributed by atoms with van der Waals surface area (Å²) in [7, 11) is -5.51. The van der Waals surface area contributed by atoms with E-state index in [2.05, 4.69) is 10.0 Å². The molecule has 1 amide bonds. The van der Waals surface area contributed by atoms with Crippen LogP contribution in [0.25, 0.3) is 0 Å². The number of anilines is 3. The van der Waals surface area contributed by atoms with E-state index in [-0.39, 0.29) is 22.0 Å². The first-order valence-electron chi connectivity index (χ1n) is 11.0. The second kappa shape index (κ2) is 11.8. The molecule has 0 spiro atoms. The van der Waals surface area contributed by atoms with Gasteiger partial charge in [-0.05, 0) is 54.6 Å². The minimum Gasteiger partial charge on any atom is -0.497 e. The molecule has 0 fully saturated rings. The summed E-state index contributed by atoms with van der Waals surface area (Å²) in [4.78, 5) is 12.5. The second-order valence-corrected chi connectivity index (χ2v) is 12.2. The van der Waals surface area contributed by atoms with E-state index in [9.17, 15) is 34.8 Å². The maximum atomic E-state index is 13.3. The minimum absolute atomic E-state index is 0.100. The van der Waals surface area contributed by atoms with E-state index in [4.69, 9.17) is 21.1 Å². The molecule has 16 heteroatoms. The topological polar surface area (TPSA) is 131 Å². The van der Waals surface area contributed by atoms with Crippen molar-refractivity contribution >= 4 is 54.6 Å². The summed E-state index contributed by atoms with van der Waals surface area (Å²) in [6, 6.07) is 11.9. The first kappa shape index (κ1) is 30.8. The van der Waals surface area contributed by atoms with E-state index in [1.165, 1.54) is 50.6 Å². The van der Waals surface area contributed by atoms with Crippen molar-refractivity contribution in [2.75, 3.05) is 41.4 Å². The van der Waals surface area contributed by atoms with Crippen molar-refractivity contribution in [3.8, 4) is 11.5 Å². The first-order chi connectivity index (χ1) is 18.5. The molecule has 0 atom stereocenters. The summed E-state index contributed by atoms with van der Waals surface area (Å²) < 4.78 is 103. The number of benzene rings is 3. The zero-order valence-corrected chi connectivity index (χ0v) is 23.5. The highest BCUT2D eigenvalue weighted by molar-refractivity contribution is 7.92. The number of carbonyl (C=O) groups is 1. The van der Waals surface area contributed by atoms with Gasteiger partial charge >= 0.3 is 6.18 Å². The van der Waals surface area contributed by atoms with Crippen molar-refractivity contribution in [1.29, 1.82) is 0 Å². The lowest BCUT2D eigenvalue weighted by Gasteiger charge is -2.23. The lowest BCUT2D eigenvalue weighted by molar-refractivity contribution is -0.137. The molecular weight excluding hydrogens is 599 g/mol. The van der Waals surface area contributed by atoms with Crippen LogP contribution in [0.15, 0.2) is 65.6 Å². The standard InChI is InChI=1S/C24H23ClF3N3O7S2/c1-37-17-7-11-22(38-2)21(13-17)30-40(35,36)18-8-4-15(5-9-18)29-23(32)14-31(39(3,33)34)16-6-10-20(25)19(12-16)24(26,27)28/h4-13,30H,14H2,1-3H3,(H,29,32). The second-order valence-electron chi connectivity index (χ2n) is 8.18. The monoisotopic (exact) mass is 621 g/mol. The molecule has 3 aromatic rings. The van der Waals surface area contributed by atoms with Crippen molar-refractivity contribution in [3.63, 3.8) is 0 Å². The van der Waals surface area contributed by atoms with Gasteiger partial charge in [0, 0.05) is 11.8 Å². The van der Waals surface area contributed by atoms with Gasteiger partial charge in [-0.25, -0.2) is 16.8 Å². The number of rotatable bonds is 10. The molecule has 3 rings (SSSR count). The summed E-state index contributed by atoms with van der Waals surface area (Å²) >= 11 is 5.61. The largest absolute Gasteiger partial charge is 0.497 e. The molecule has 0 aromatic heterocycles. The number of halogens is 4. The summed E-state index contributed by atoms with van der Waals surface area (Å²) in [5.74, 6) is -0.275. The number of sulfonamides is 2. The predicted octanol–water partition coefficient (Wildman–Crippen LogP) is 4.58. The Morgan fingerprint density at radius 2 is 1.60 bits per heavy atom. The van der Waals surface area contributed by atoms with Gasteiger partial charge in [0.1, 0.15) is 18.0 Å². The fourth-order valence-electron chi connectivity index (χ4n) is 3.43. The summed E-state index contributed by atoms with van der Waals surface area (Å²) in [6.07, 6.45) is -4.13. The maximum Gasteiger partial charge on any atom is 0.417 e. The molecule has 3 aromatic carbocycles. The molecule has 0 saturated heterocycles. The third kappa shape index (κ3) is 7.49. The van der Waals surface area contributed by atoms with Gasteiger partial charge in [0.25, 0.3) is 10.0 Å². The summed E-state index contributed by atoms with van der Waals surface area (Å²) in [5.41, 5.74) is -1.47. The molecule has 40 heavy (non-hydrogen) atoms. The number of carbonyl (C=O) groups excluding carboxylic acids is 1. The van der Waals surface area contributed by atoms with Crippen LogP contribution in [0, 0.1) is 0 Å². The van der Waals surface area contributed by atoms with Crippen LogP contribution >= 0.6 is 11.6 Å². The van der Waals surface area contributed by atoms with Crippen LogP contribution < -0.4 is 23.8 Å². The Labute approximate surface area is 233 Å². The number of alkyl halides is 3. The highest BCUT2D eigenvalue weighted by Gasteiger charge is 2.34. The highest BCUT2D eigenvalue weighted by atomic mass is 35.5. The first-order valence-corrected chi connectivity index (χ1v) is 14.8. The van der Waals surface area contributed by atoms with Crippen LogP contribution in [0.5, 0.6) is 11.5 Å². The average molecular weight is 622 g/mol. The molecule has 0 bridgehead atoms. The van der Waals surface area contributed by atoms with E-state index in [1.807, 2.05) is 0 Å². The molecule has 0 saturated carbocycles. The molecule has 0 unspecified atom stereocenters. The lowest BCUT2D eigenvalue weighted by Crippen LogP contribution is -2.37. The number of methoxy groups -OCH3 is 2.